The Morgan fingerprint density at radius 2 is 2.03 bits per heavy atom. The Morgan fingerprint density at radius 3 is 2.73 bits per heavy atom. The molecule has 3 aliphatic rings. The van der Waals surface area contributed by atoms with Crippen molar-refractivity contribution >= 4 is 24.6 Å². The van der Waals surface area contributed by atoms with Gasteiger partial charge in [-0.25, -0.2) is 9.59 Å². The monoisotopic (exact) mass is 476 g/mol. The summed E-state index contributed by atoms with van der Waals surface area (Å²) in [6.07, 6.45) is -1.26. The first kappa shape index (κ1) is 23.5. The number of ether oxygens (including phenoxy) is 5. The van der Waals surface area contributed by atoms with E-state index in [1.165, 1.54) is 6.26 Å². The maximum atomic E-state index is 12.7. The number of aliphatic hydroxyl groups excluding tert-OH is 2. The van der Waals surface area contributed by atoms with Crippen molar-refractivity contribution in [2.24, 2.45) is 5.92 Å². The van der Waals surface area contributed by atoms with E-state index in [1.807, 2.05) is 0 Å². The van der Waals surface area contributed by atoms with Crippen molar-refractivity contribution in [3.63, 3.8) is 0 Å². The maximum absolute atomic E-state index is 12.7. The number of carbonyl (C=O) groups excluding carboxylic acids is 2. The van der Waals surface area contributed by atoms with Crippen LogP contribution >= 0.6 is 12.6 Å². The lowest BCUT2D eigenvalue weighted by atomic mass is 9.89. The van der Waals surface area contributed by atoms with Gasteiger partial charge in [-0.3, -0.25) is 0 Å². The highest BCUT2D eigenvalue weighted by Gasteiger charge is 2.49. The summed E-state index contributed by atoms with van der Waals surface area (Å²) in [6, 6.07) is 8.26. The third-order valence-corrected chi connectivity index (χ3v) is 6.26. The molecule has 33 heavy (non-hydrogen) atoms. The van der Waals surface area contributed by atoms with Crippen molar-refractivity contribution in [3.05, 3.63) is 72.0 Å². The summed E-state index contributed by atoms with van der Waals surface area (Å²) in [5, 5.41) is 19.6. The fourth-order valence-corrected chi connectivity index (χ4v) is 4.19. The van der Waals surface area contributed by atoms with Crippen LogP contribution in [0.5, 0.6) is 0 Å². The lowest BCUT2D eigenvalue weighted by molar-refractivity contribution is -0.313. The normalized spacial score (nSPS) is 33.5. The fourth-order valence-electron chi connectivity index (χ4n) is 3.85. The zero-order valence-corrected chi connectivity index (χ0v) is 18.4. The van der Waals surface area contributed by atoms with Crippen molar-refractivity contribution in [3.8, 4) is 0 Å². The molecule has 7 atom stereocenters. The first-order valence-electron chi connectivity index (χ1n) is 10.3. The molecular weight excluding hydrogens is 452 g/mol. The molecule has 0 bridgehead atoms. The van der Waals surface area contributed by atoms with Gasteiger partial charge < -0.3 is 33.9 Å². The molecule has 0 amide bonds. The maximum Gasteiger partial charge on any atom is 0.341 e. The van der Waals surface area contributed by atoms with Gasteiger partial charge in [-0.15, -0.1) is 6.58 Å². The first-order chi connectivity index (χ1) is 15.9. The summed E-state index contributed by atoms with van der Waals surface area (Å²) in [4.78, 5) is 24.7. The highest BCUT2D eigenvalue weighted by Crippen LogP contribution is 2.37. The number of fused-ring (bicyclic) bond motifs is 1. The number of hydrogen-bond acceptors (Lipinski definition) is 10. The van der Waals surface area contributed by atoms with Crippen LogP contribution in [0.4, 0.5) is 0 Å². The molecule has 1 aromatic carbocycles. The lowest BCUT2D eigenvalue weighted by Crippen LogP contribution is -2.59. The minimum absolute atomic E-state index is 0.104. The van der Waals surface area contributed by atoms with Crippen LogP contribution in [0.2, 0.25) is 0 Å². The largest absolute Gasteiger partial charge is 0.471 e. The van der Waals surface area contributed by atoms with Crippen molar-refractivity contribution in [1.82, 2.24) is 0 Å². The third-order valence-electron chi connectivity index (χ3n) is 5.62. The average Bonchev–Trinajstić information content (AvgIpc) is 2.84. The van der Waals surface area contributed by atoms with Crippen LogP contribution < -0.4 is 0 Å². The number of thiol groups is 1. The van der Waals surface area contributed by atoms with Crippen molar-refractivity contribution in [2.75, 3.05) is 13.2 Å². The second-order valence-electron chi connectivity index (χ2n) is 7.63. The molecule has 1 aromatic rings. The van der Waals surface area contributed by atoms with Crippen molar-refractivity contribution < 1.29 is 43.5 Å². The molecule has 3 aliphatic heterocycles. The van der Waals surface area contributed by atoms with Gasteiger partial charge in [-0.05, 0) is 23.8 Å². The molecule has 1 fully saturated rings. The number of rotatable bonds is 6. The van der Waals surface area contributed by atoms with Gasteiger partial charge >= 0.3 is 11.9 Å². The topological polar surface area (TPSA) is 121 Å². The Hall–Kier alpha value is -2.63. The van der Waals surface area contributed by atoms with E-state index in [9.17, 15) is 19.8 Å². The Balaban J connectivity index is 1.58. The van der Waals surface area contributed by atoms with E-state index >= 15 is 0 Å². The number of hydrogen-bond donors (Lipinski definition) is 3. The number of esters is 2. The van der Waals surface area contributed by atoms with Gasteiger partial charge in [0.1, 0.15) is 19.0 Å². The molecule has 9 nitrogen and oxygen atoms in total. The Bertz CT molecular complexity index is 960. The van der Waals surface area contributed by atoms with Crippen LogP contribution in [0.25, 0.3) is 0 Å². The summed E-state index contributed by atoms with van der Waals surface area (Å²) in [5.41, 5.74) is 1.16. The molecule has 176 valence electrons. The second-order valence-corrected chi connectivity index (χ2v) is 8.23. The summed E-state index contributed by atoms with van der Waals surface area (Å²) in [7, 11) is 0. The number of benzene rings is 1. The van der Waals surface area contributed by atoms with Crippen LogP contribution in [-0.4, -0.2) is 71.5 Å². The molecule has 0 aliphatic carbocycles. The van der Waals surface area contributed by atoms with Crippen LogP contribution in [0.3, 0.4) is 0 Å². The first-order valence-corrected chi connectivity index (χ1v) is 10.9. The van der Waals surface area contributed by atoms with Gasteiger partial charge in [0.2, 0.25) is 12.6 Å². The zero-order chi connectivity index (χ0) is 23.5. The molecular formula is C23H24O9S. The molecule has 0 radical (unpaired) electrons. The van der Waals surface area contributed by atoms with Crippen molar-refractivity contribution in [1.29, 1.82) is 0 Å². The molecule has 1 saturated heterocycles. The van der Waals surface area contributed by atoms with Crippen LogP contribution in [0.1, 0.15) is 10.4 Å². The SMILES string of the molecule is C=C[C@@H]1C2=CCOC(=O)C2=CO[C@H]1O[C@@H]1O[C@H](CO)[C@H](S)[C@H](O)[C@H]1OC(=O)c1ccccc1. The van der Waals surface area contributed by atoms with Crippen molar-refractivity contribution in [2.45, 2.75) is 36.1 Å². The molecule has 10 heteroatoms. The Kier molecular flexibility index (Phi) is 7.20. The van der Waals surface area contributed by atoms with Crippen LogP contribution in [0, 0.1) is 5.92 Å². The molecule has 4 rings (SSSR count). The van der Waals surface area contributed by atoms with E-state index in [2.05, 4.69) is 19.2 Å². The van der Waals surface area contributed by atoms with E-state index < -0.39 is 60.6 Å². The molecule has 0 spiro atoms. The predicted molar refractivity (Wildman–Crippen MR) is 117 cm³/mol. The zero-order valence-electron chi connectivity index (χ0n) is 17.5. The van der Waals surface area contributed by atoms with Crippen LogP contribution in [0.15, 0.2) is 66.5 Å². The summed E-state index contributed by atoms with van der Waals surface area (Å²) >= 11 is 4.32. The van der Waals surface area contributed by atoms with E-state index in [0.717, 1.165) is 0 Å². The minimum Gasteiger partial charge on any atom is -0.471 e. The standard InChI is InChI=1S/C23H24O9S/c1-2-13-14-8-9-28-21(27)15(14)11-29-22(13)32-23-18(17(25)19(33)16(10-24)30-23)31-20(26)12-6-4-3-5-7-12/h2-8,11,13,16-19,22-25,33H,1,9-10H2/t13-,16-,17-,18-,19+,22+,23+/m1/s1. The van der Waals surface area contributed by atoms with E-state index in [-0.39, 0.29) is 17.7 Å². The Morgan fingerprint density at radius 1 is 1.27 bits per heavy atom. The van der Waals surface area contributed by atoms with Gasteiger partial charge in [0.15, 0.2) is 6.10 Å². The quantitative estimate of drug-likeness (QED) is 0.315. The van der Waals surface area contributed by atoms with Gasteiger partial charge in [-0.1, -0.05) is 24.3 Å². The lowest BCUT2D eigenvalue weighted by Gasteiger charge is -2.43. The summed E-state index contributed by atoms with van der Waals surface area (Å²) in [6.45, 7) is 3.46. The van der Waals surface area contributed by atoms with E-state index in [0.29, 0.717) is 5.57 Å². The Labute approximate surface area is 195 Å². The van der Waals surface area contributed by atoms with E-state index in [4.69, 9.17) is 23.7 Å². The van der Waals surface area contributed by atoms with Gasteiger partial charge in [0, 0.05) is 0 Å². The van der Waals surface area contributed by atoms with Gasteiger partial charge in [0.25, 0.3) is 0 Å². The summed E-state index contributed by atoms with van der Waals surface area (Å²) in [5.74, 6) is -1.77. The predicted octanol–water partition coefficient (Wildman–Crippen LogP) is 1.13. The van der Waals surface area contributed by atoms with Gasteiger partial charge in [-0.2, -0.15) is 12.6 Å². The third kappa shape index (κ3) is 4.71. The molecule has 0 aromatic heterocycles. The van der Waals surface area contributed by atoms with Gasteiger partial charge in [0.05, 0.1) is 35.0 Å². The van der Waals surface area contributed by atoms with Crippen LogP contribution in [-0.2, 0) is 28.5 Å². The molecule has 2 N–H and O–H groups in total. The number of cyclic esters (lactones) is 1. The minimum atomic E-state index is -1.31. The highest BCUT2D eigenvalue weighted by atomic mass is 32.1. The molecule has 0 saturated carbocycles. The second kappa shape index (κ2) is 10.1. The molecule has 0 unspecified atom stereocenters. The number of carbonyl (C=O) groups is 2. The highest BCUT2D eigenvalue weighted by molar-refractivity contribution is 7.81. The summed E-state index contributed by atoms with van der Waals surface area (Å²) < 4.78 is 27.9. The van der Waals surface area contributed by atoms with E-state index in [1.54, 1.807) is 42.5 Å². The fraction of sp³-hybridized carbons (Fsp3) is 0.391. The average molecular weight is 477 g/mol. The molecule has 3 heterocycles. The number of aliphatic hydroxyl groups is 2. The smallest absolute Gasteiger partial charge is 0.341 e.